The number of rotatable bonds is 6. The van der Waals surface area contributed by atoms with Gasteiger partial charge in [-0.15, -0.1) is 0 Å². The van der Waals surface area contributed by atoms with Crippen molar-refractivity contribution in [3.05, 3.63) is 46.9 Å². The van der Waals surface area contributed by atoms with Crippen LogP contribution >= 0.6 is 0 Å². The number of halogens is 2. The molecule has 2 bridgehead atoms. The molecular formula is C33H40F2N6O2. The standard InChI is InChI=1S/C33H40F2N6O2/c1-2-25-27(35)7-4-20-12-24(42)13-29(30(20)25)39-11-8-26-28(18-39)37-32(38-31(26)40-16-22-5-6-23(17-40)36-22)43-19-33-9-3-10-41(33)15-21(34)14-33/h4,7,12-13,21-23,36,42H,2-3,5-6,8-11,14-19H2,1H3/t21-,22-,23+,33+/m1/s1/i10D2,21D. The van der Waals surface area contributed by atoms with E-state index in [1.54, 1.807) is 18.2 Å². The van der Waals surface area contributed by atoms with Crippen LogP contribution < -0.4 is 19.9 Å². The number of nitrogens with zero attached hydrogens (tertiary/aromatic N) is 5. The second-order valence-corrected chi connectivity index (χ2v) is 12.9. The number of hydrogen-bond donors (Lipinski definition) is 2. The smallest absolute Gasteiger partial charge is 0.318 e. The molecule has 3 aromatic rings. The minimum atomic E-state index is -2.25. The minimum Gasteiger partial charge on any atom is -0.508 e. The normalized spacial score (nSPS) is 32.4. The van der Waals surface area contributed by atoms with E-state index in [9.17, 15) is 13.9 Å². The molecule has 0 aliphatic carbocycles. The summed E-state index contributed by atoms with van der Waals surface area (Å²) in [7, 11) is 0. The summed E-state index contributed by atoms with van der Waals surface area (Å²) < 4.78 is 61.3. The van der Waals surface area contributed by atoms with Gasteiger partial charge in [0.25, 0.3) is 0 Å². The van der Waals surface area contributed by atoms with Gasteiger partial charge < -0.3 is 25.0 Å². The van der Waals surface area contributed by atoms with Gasteiger partial charge >= 0.3 is 6.01 Å². The van der Waals surface area contributed by atoms with Gasteiger partial charge in [-0.05, 0) is 68.1 Å². The quantitative estimate of drug-likeness (QED) is 0.433. The van der Waals surface area contributed by atoms with Crippen molar-refractivity contribution in [2.75, 3.05) is 49.1 Å². The Kier molecular flexibility index (Phi) is 5.86. The molecule has 2 aromatic carbocycles. The van der Waals surface area contributed by atoms with E-state index in [1.165, 1.54) is 11.0 Å². The van der Waals surface area contributed by atoms with Crippen LogP contribution in [0.3, 0.4) is 0 Å². The van der Waals surface area contributed by atoms with Crippen molar-refractivity contribution in [2.45, 2.75) is 82.2 Å². The Morgan fingerprint density at radius 2 is 2.02 bits per heavy atom. The Labute approximate surface area is 255 Å². The van der Waals surface area contributed by atoms with Crippen molar-refractivity contribution in [3.63, 3.8) is 0 Å². The summed E-state index contributed by atoms with van der Waals surface area (Å²) >= 11 is 0. The van der Waals surface area contributed by atoms with Gasteiger partial charge in [0.2, 0.25) is 0 Å². The molecule has 4 fully saturated rings. The summed E-state index contributed by atoms with van der Waals surface area (Å²) in [6, 6.07) is 7.45. The number of aromatic nitrogens is 2. The number of phenolic OH excluding ortho intramolecular Hbond substituents is 1. The maximum atomic E-state index is 15.0. The summed E-state index contributed by atoms with van der Waals surface area (Å²) in [4.78, 5) is 15.8. The Bertz CT molecular complexity index is 1700. The Morgan fingerprint density at radius 1 is 1.19 bits per heavy atom. The highest BCUT2D eigenvalue weighted by Crippen LogP contribution is 2.42. The molecule has 4 atom stereocenters. The lowest BCUT2D eigenvalue weighted by Gasteiger charge is -2.38. The number of aryl methyl sites for hydroxylation is 1. The van der Waals surface area contributed by atoms with Crippen molar-refractivity contribution >= 4 is 22.3 Å². The van der Waals surface area contributed by atoms with Crippen molar-refractivity contribution in [2.24, 2.45) is 0 Å². The highest BCUT2D eigenvalue weighted by molar-refractivity contribution is 5.98. The fraction of sp³-hybridized carbons (Fsp3) is 0.576. The molecule has 8 rings (SSSR count). The first-order valence-corrected chi connectivity index (χ1v) is 15.6. The summed E-state index contributed by atoms with van der Waals surface area (Å²) in [5.41, 5.74) is 2.25. The molecule has 0 amide bonds. The molecule has 1 aromatic heterocycles. The lowest BCUT2D eigenvalue weighted by atomic mass is 9.95. The molecular weight excluding hydrogens is 550 g/mol. The fourth-order valence-electron chi connectivity index (χ4n) is 8.08. The van der Waals surface area contributed by atoms with Crippen LogP contribution in [0.5, 0.6) is 11.8 Å². The maximum Gasteiger partial charge on any atom is 0.318 e. The molecule has 0 saturated carbocycles. The first kappa shape index (κ1) is 24.1. The molecule has 2 N–H and O–H groups in total. The van der Waals surface area contributed by atoms with Crippen molar-refractivity contribution in [1.29, 1.82) is 0 Å². The number of ether oxygens (including phenoxy) is 1. The number of piperazine rings is 1. The molecule has 5 aliphatic rings. The Morgan fingerprint density at radius 3 is 2.84 bits per heavy atom. The van der Waals surface area contributed by atoms with Gasteiger partial charge in [0.15, 0.2) is 0 Å². The highest BCUT2D eigenvalue weighted by Gasteiger charge is 2.49. The minimum absolute atomic E-state index is 0.0118. The number of hydrogen-bond acceptors (Lipinski definition) is 8. The fourth-order valence-corrected chi connectivity index (χ4v) is 8.08. The van der Waals surface area contributed by atoms with E-state index >= 15 is 0 Å². The van der Waals surface area contributed by atoms with E-state index in [0.717, 1.165) is 59.5 Å². The van der Waals surface area contributed by atoms with Crippen LogP contribution in [0.4, 0.5) is 20.3 Å². The van der Waals surface area contributed by atoms with Crippen molar-refractivity contribution in [3.8, 4) is 11.8 Å². The third-order valence-electron chi connectivity index (χ3n) is 10.2. The van der Waals surface area contributed by atoms with Gasteiger partial charge in [-0.1, -0.05) is 13.0 Å². The van der Waals surface area contributed by atoms with E-state index in [4.69, 9.17) is 18.8 Å². The second kappa shape index (κ2) is 10.4. The molecule has 6 heterocycles. The van der Waals surface area contributed by atoms with Crippen molar-refractivity contribution in [1.82, 2.24) is 20.2 Å². The molecule has 5 aliphatic heterocycles. The van der Waals surface area contributed by atoms with Gasteiger partial charge in [0.05, 0.1) is 19.1 Å². The summed E-state index contributed by atoms with van der Waals surface area (Å²) in [5.74, 6) is 0.678. The molecule has 43 heavy (non-hydrogen) atoms. The van der Waals surface area contributed by atoms with E-state index < -0.39 is 18.2 Å². The van der Waals surface area contributed by atoms with E-state index in [1.807, 2.05) is 6.92 Å². The van der Waals surface area contributed by atoms with Crippen LogP contribution in [0, 0.1) is 5.82 Å². The predicted octanol–water partition coefficient (Wildman–Crippen LogP) is 4.50. The molecule has 8 nitrogen and oxygen atoms in total. The van der Waals surface area contributed by atoms with Crippen LogP contribution in [0.2, 0.25) is 0 Å². The number of benzene rings is 2. The van der Waals surface area contributed by atoms with Gasteiger partial charge in [-0.3, -0.25) is 4.90 Å². The molecule has 4 saturated heterocycles. The van der Waals surface area contributed by atoms with E-state index in [2.05, 4.69) is 15.1 Å². The number of alkyl halides is 1. The van der Waals surface area contributed by atoms with Gasteiger partial charge in [0, 0.05) is 70.1 Å². The number of phenols is 1. The monoisotopic (exact) mass is 593 g/mol. The SMILES string of the molecule is [2H]C1([2H])CC[C@@]2(COc3nc4c(c(N5C[C@H]6CC[C@@H](C5)N6)n3)CCN(c3cc(O)cc5ccc(F)c(CC)c35)C4)C[C@@]([2H])(F)CN12. The van der Waals surface area contributed by atoms with Gasteiger partial charge in [0.1, 0.15) is 30.1 Å². The number of nitrogens with one attached hydrogen (secondary N) is 1. The lowest BCUT2D eigenvalue weighted by Crippen LogP contribution is -2.52. The van der Waals surface area contributed by atoms with Gasteiger partial charge in [-0.2, -0.15) is 9.97 Å². The first-order chi connectivity index (χ1) is 21.9. The number of anilines is 2. The summed E-state index contributed by atoms with van der Waals surface area (Å²) in [6.45, 7) is 2.59. The molecule has 0 unspecified atom stereocenters. The topological polar surface area (TPSA) is 77.0 Å². The molecule has 0 spiro atoms. The zero-order valence-electron chi connectivity index (χ0n) is 27.5. The average Bonchev–Trinajstić information content (AvgIpc) is 3.60. The van der Waals surface area contributed by atoms with Gasteiger partial charge in [-0.25, -0.2) is 8.78 Å². The zero-order chi connectivity index (χ0) is 32.0. The first-order valence-electron chi connectivity index (χ1n) is 17.1. The highest BCUT2D eigenvalue weighted by atomic mass is 19.1. The average molecular weight is 594 g/mol. The maximum absolute atomic E-state index is 15.0. The predicted molar refractivity (Wildman–Crippen MR) is 162 cm³/mol. The Balaban J connectivity index is 1.16. The molecule has 0 radical (unpaired) electrons. The summed E-state index contributed by atoms with van der Waals surface area (Å²) in [5, 5.41) is 15.9. The molecule has 10 heteroatoms. The van der Waals surface area contributed by atoms with Crippen LogP contribution in [0.1, 0.15) is 60.0 Å². The largest absolute Gasteiger partial charge is 0.508 e. The van der Waals surface area contributed by atoms with Crippen LogP contribution in [-0.2, 0) is 19.4 Å². The lowest BCUT2D eigenvalue weighted by molar-refractivity contribution is 0.107. The van der Waals surface area contributed by atoms with E-state index in [-0.39, 0.29) is 43.6 Å². The molecule has 228 valence electrons. The summed E-state index contributed by atoms with van der Waals surface area (Å²) in [6.07, 6.45) is 1.65. The number of aromatic hydroxyl groups is 1. The third kappa shape index (κ3) is 4.68. The van der Waals surface area contributed by atoms with Crippen molar-refractivity contribution < 1.29 is 22.7 Å². The van der Waals surface area contributed by atoms with Crippen LogP contribution in [0.15, 0.2) is 24.3 Å². The third-order valence-corrected chi connectivity index (χ3v) is 10.2. The Hall–Kier alpha value is -3.24. The number of fused-ring (bicyclic) bond motifs is 5. The second-order valence-electron chi connectivity index (χ2n) is 12.9. The van der Waals surface area contributed by atoms with Crippen LogP contribution in [0.25, 0.3) is 10.8 Å². The van der Waals surface area contributed by atoms with Crippen LogP contribution in [-0.4, -0.2) is 83.0 Å². The van der Waals surface area contributed by atoms with E-state index in [0.29, 0.717) is 50.0 Å². The zero-order valence-corrected chi connectivity index (χ0v) is 24.5.